The monoisotopic (exact) mass is 361 g/mol. The third-order valence-electron chi connectivity index (χ3n) is 3.14. The van der Waals surface area contributed by atoms with Crippen LogP contribution in [-0.4, -0.2) is 24.4 Å². The molecular formula is C15H12BrN3OS. The van der Waals surface area contributed by atoms with Crippen molar-refractivity contribution in [1.29, 1.82) is 0 Å². The standard InChI is InChI=1S/C15H12BrN3OS/c1-2-19-13-6-4-3-5-12(13)14(15(19)20)18-17-8-11-7-10(16)9-21-11/h3-9H,2H2,1H3/b17-8-,18-14+. The van der Waals surface area contributed by atoms with Gasteiger partial charge in [0.2, 0.25) is 0 Å². The number of carbonyl (C=O) groups is 1. The lowest BCUT2D eigenvalue weighted by Crippen LogP contribution is -2.29. The van der Waals surface area contributed by atoms with Crippen molar-refractivity contribution in [3.8, 4) is 0 Å². The molecule has 4 nitrogen and oxygen atoms in total. The molecule has 2 heterocycles. The summed E-state index contributed by atoms with van der Waals surface area (Å²) in [6.07, 6.45) is 1.66. The quantitative estimate of drug-likeness (QED) is 0.607. The molecule has 0 atom stereocenters. The van der Waals surface area contributed by atoms with E-state index in [9.17, 15) is 4.79 Å². The van der Waals surface area contributed by atoms with Gasteiger partial charge in [-0.05, 0) is 35.0 Å². The van der Waals surface area contributed by atoms with Crippen molar-refractivity contribution >= 4 is 50.8 Å². The summed E-state index contributed by atoms with van der Waals surface area (Å²) in [4.78, 5) is 15.1. The molecule has 2 aromatic rings. The van der Waals surface area contributed by atoms with Crippen LogP contribution < -0.4 is 4.90 Å². The summed E-state index contributed by atoms with van der Waals surface area (Å²) in [6, 6.07) is 9.61. The zero-order chi connectivity index (χ0) is 14.8. The second kappa shape index (κ2) is 5.91. The number of rotatable bonds is 3. The van der Waals surface area contributed by atoms with Gasteiger partial charge in [0.25, 0.3) is 5.91 Å². The largest absolute Gasteiger partial charge is 0.307 e. The van der Waals surface area contributed by atoms with Gasteiger partial charge in [0.05, 0.1) is 11.9 Å². The smallest absolute Gasteiger partial charge is 0.279 e. The average Bonchev–Trinajstić information content (AvgIpc) is 3.01. The van der Waals surface area contributed by atoms with Crippen LogP contribution in [0.3, 0.4) is 0 Å². The van der Waals surface area contributed by atoms with Gasteiger partial charge in [-0.2, -0.15) is 5.10 Å². The fourth-order valence-electron chi connectivity index (χ4n) is 2.21. The van der Waals surface area contributed by atoms with Crippen LogP contribution >= 0.6 is 27.3 Å². The molecule has 0 saturated carbocycles. The summed E-state index contributed by atoms with van der Waals surface area (Å²) in [6.45, 7) is 2.57. The summed E-state index contributed by atoms with van der Waals surface area (Å²) >= 11 is 4.95. The van der Waals surface area contributed by atoms with Crippen molar-refractivity contribution in [2.24, 2.45) is 10.2 Å². The minimum absolute atomic E-state index is 0.0942. The molecule has 3 rings (SSSR count). The number of nitrogens with zero attached hydrogens (tertiary/aromatic N) is 3. The van der Waals surface area contributed by atoms with Gasteiger partial charge < -0.3 is 4.90 Å². The van der Waals surface area contributed by atoms with Crippen molar-refractivity contribution in [3.05, 3.63) is 50.6 Å². The van der Waals surface area contributed by atoms with Gasteiger partial charge >= 0.3 is 0 Å². The average molecular weight is 362 g/mol. The summed E-state index contributed by atoms with van der Waals surface area (Å²) < 4.78 is 1.01. The number of hydrogen-bond acceptors (Lipinski definition) is 4. The van der Waals surface area contributed by atoms with Crippen LogP contribution in [0.4, 0.5) is 5.69 Å². The predicted molar refractivity (Wildman–Crippen MR) is 90.6 cm³/mol. The maximum absolute atomic E-state index is 12.4. The van der Waals surface area contributed by atoms with Crippen molar-refractivity contribution < 1.29 is 4.79 Å². The maximum Gasteiger partial charge on any atom is 0.279 e. The minimum Gasteiger partial charge on any atom is -0.307 e. The van der Waals surface area contributed by atoms with Crippen LogP contribution in [0.5, 0.6) is 0 Å². The predicted octanol–water partition coefficient (Wildman–Crippen LogP) is 3.70. The van der Waals surface area contributed by atoms with Crippen molar-refractivity contribution in [2.45, 2.75) is 6.92 Å². The molecule has 0 spiro atoms. The normalized spacial score (nSPS) is 16.2. The number of anilines is 1. The number of halogens is 1. The highest BCUT2D eigenvalue weighted by atomic mass is 79.9. The minimum atomic E-state index is -0.0942. The third-order valence-corrected chi connectivity index (χ3v) is 4.77. The Balaban J connectivity index is 1.93. The zero-order valence-electron chi connectivity index (χ0n) is 11.3. The summed E-state index contributed by atoms with van der Waals surface area (Å²) in [5, 5.41) is 10.2. The van der Waals surface area contributed by atoms with E-state index >= 15 is 0 Å². The molecule has 21 heavy (non-hydrogen) atoms. The van der Waals surface area contributed by atoms with Crippen molar-refractivity contribution in [1.82, 2.24) is 0 Å². The second-order valence-corrected chi connectivity index (χ2v) is 6.29. The number of hydrogen-bond donors (Lipinski definition) is 0. The lowest BCUT2D eigenvalue weighted by atomic mass is 10.1. The first-order chi connectivity index (χ1) is 10.2. The van der Waals surface area contributed by atoms with E-state index in [0.717, 1.165) is 20.6 Å². The van der Waals surface area contributed by atoms with Gasteiger partial charge in [0, 0.05) is 26.8 Å². The van der Waals surface area contributed by atoms with Crippen LogP contribution in [0, 0.1) is 0 Å². The van der Waals surface area contributed by atoms with Gasteiger partial charge in [-0.3, -0.25) is 4.79 Å². The molecule has 0 N–H and O–H groups in total. The van der Waals surface area contributed by atoms with Crippen LogP contribution in [-0.2, 0) is 4.79 Å². The molecule has 0 radical (unpaired) electrons. The molecule has 106 valence electrons. The van der Waals surface area contributed by atoms with E-state index in [1.807, 2.05) is 42.6 Å². The molecule has 1 amide bonds. The van der Waals surface area contributed by atoms with E-state index in [-0.39, 0.29) is 5.91 Å². The van der Waals surface area contributed by atoms with Gasteiger partial charge in [-0.15, -0.1) is 16.4 Å². The molecule has 0 aliphatic carbocycles. The Labute approximate surface area is 134 Å². The van der Waals surface area contributed by atoms with Gasteiger partial charge in [-0.1, -0.05) is 18.2 Å². The Morgan fingerprint density at radius 3 is 2.90 bits per heavy atom. The lowest BCUT2D eigenvalue weighted by molar-refractivity contribution is -0.112. The van der Waals surface area contributed by atoms with Gasteiger partial charge in [0.1, 0.15) is 0 Å². The molecule has 1 aromatic heterocycles. The van der Waals surface area contributed by atoms with E-state index in [1.54, 1.807) is 22.5 Å². The number of amides is 1. The maximum atomic E-state index is 12.4. The molecule has 0 bridgehead atoms. The topological polar surface area (TPSA) is 45.0 Å². The zero-order valence-corrected chi connectivity index (χ0v) is 13.7. The Kier molecular flexibility index (Phi) is 3.98. The Hall–Kier alpha value is -1.79. The Morgan fingerprint density at radius 1 is 1.38 bits per heavy atom. The Morgan fingerprint density at radius 2 is 2.19 bits per heavy atom. The lowest BCUT2D eigenvalue weighted by Gasteiger charge is -2.12. The summed E-state index contributed by atoms with van der Waals surface area (Å²) in [7, 11) is 0. The number of likely N-dealkylation sites (N-methyl/N-ethyl adjacent to an activating group) is 1. The highest BCUT2D eigenvalue weighted by Gasteiger charge is 2.32. The number of para-hydroxylation sites is 1. The molecule has 0 saturated heterocycles. The van der Waals surface area contributed by atoms with E-state index in [0.29, 0.717) is 12.3 Å². The highest BCUT2D eigenvalue weighted by molar-refractivity contribution is 9.10. The molecule has 0 unspecified atom stereocenters. The summed E-state index contributed by atoms with van der Waals surface area (Å²) in [5.41, 5.74) is 2.14. The summed E-state index contributed by atoms with van der Waals surface area (Å²) in [5.74, 6) is -0.0942. The van der Waals surface area contributed by atoms with Crippen LogP contribution in [0.15, 0.2) is 50.4 Å². The first kappa shape index (κ1) is 14.2. The number of carbonyl (C=O) groups excluding carboxylic acids is 1. The molecule has 1 aliphatic rings. The molecular weight excluding hydrogens is 350 g/mol. The van der Waals surface area contributed by atoms with Crippen molar-refractivity contribution in [2.75, 3.05) is 11.4 Å². The van der Waals surface area contributed by atoms with E-state index in [4.69, 9.17) is 0 Å². The highest BCUT2D eigenvalue weighted by Crippen LogP contribution is 2.28. The van der Waals surface area contributed by atoms with Crippen LogP contribution in [0.1, 0.15) is 17.4 Å². The molecule has 6 heteroatoms. The van der Waals surface area contributed by atoms with E-state index in [2.05, 4.69) is 26.1 Å². The van der Waals surface area contributed by atoms with Crippen molar-refractivity contribution in [3.63, 3.8) is 0 Å². The molecule has 1 aromatic carbocycles. The first-order valence-corrected chi connectivity index (χ1v) is 8.14. The fourth-order valence-corrected chi connectivity index (χ4v) is 3.51. The SMILES string of the molecule is CCN1C(=O)/C(=N/N=C\c2cc(Br)cs2)c2ccccc21. The molecule has 1 aliphatic heterocycles. The first-order valence-electron chi connectivity index (χ1n) is 6.47. The van der Waals surface area contributed by atoms with Gasteiger partial charge in [-0.25, -0.2) is 0 Å². The van der Waals surface area contributed by atoms with Gasteiger partial charge in [0.15, 0.2) is 5.71 Å². The second-order valence-electron chi connectivity index (χ2n) is 4.43. The number of fused-ring (bicyclic) bond motifs is 1. The number of thiophene rings is 1. The van der Waals surface area contributed by atoms with E-state index in [1.165, 1.54) is 0 Å². The Bertz CT molecular complexity index is 751. The van der Waals surface area contributed by atoms with Crippen LogP contribution in [0.2, 0.25) is 0 Å². The molecule has 0 fully saturated rings. The fraction of sp³-hybridized carbons (Fsp3) is 0.133. The number of benzene rings is 1. The van der Waals surface area contributed by atoms with E-state index < -0.39 is 0 Å². The third kappa shape index (κ3) is 2.69. The van der Waals surface area contributed by atoms with Crippen LogP contribution in [0.25, 0.3) is 0 Å².